The van der Waals surface area contributed by atoms with Crippen molar-refractivity contribution in [1.29, 1.82) is 0 Å². The fraction of sp³-hybridized carbons (Fsp3) is 0.250. The van der Waals surface area contributed by atoms with Crippen molar-refractivity contribution < 1.29 is 4.74 Å². The van der Waals surface area contributed by atoms with Crippen LogP contribution in [0.5, 0.6) is 5.75 Å². The van der Waals surface area contributed by atoms with Crippen LogP contribution in [0.15, 0.2) is 24.3 Å². The average Bonchev–Trinajstić information content (AvgIpc) is 2.63. The van der Waals surface area contributed by atoms with Gasteiger partial charge in [0, 0.05) is 12.1 Å². The van der Waals surface area contributed by atoms with E-state index in [0.29, 0.717) is 25.5 Å². The molecule has 0 fully saturated rings. The van der Waals surface area contributed by atoms with E-state index in [1.54, 1.807) is 0 Å². The molecule has 0 atom stereocenters. The maximum atomic E-state index is 6.03. The Hall–Kier alpha value is -1.59. The predicted molar refractivity (Wildman–Crippen MR) is 72.8 cm³/mol. The zero-order chi connectivity index (χ0) is 13.2. The first-order chi connectivity index (χ1) is 9.24. The number of aromatic nitrogens is 3. The van der Waals surface area contributed by atoms with Crippen LogP contribution in [-0.2, 0) is 6.54 Å². The van der Waals surface area contributed by atoms with E-state index >= 15 is 0 Å². The Morgan fingerprint density at radius 2 is 2.00 bits per heavy atom. The van der Waals surface area contributed by atoms with Crippen molar-refractivity contribution in [1.82, 2.24) is 15.2 Å². The fourth-order valence-electron chi connectivity index (χ4n) is 1.99. The molecule has 2 heterocycles. The highest BCUT2D eigenvalue weighted by Crippen LogP contribution is 2.28. The third kappa shape index (κ3) is 2.57. The Bertz CT molecular complexity index is 608. The standard InChI is InChI=1S/C12H10Cl2N4O/c13-10-11(15-12(14)17-16-10)18-5-6-19-9-4-2-1-3-8(9)7-18/h1-4H,5-7H2. The molecule has 0 amide bonds. The van der Waals surface area contributed by atoms with Gasteiger partial charge in [0.2, 0.25) is 5.28 Å². The molecule has 0 saturated heterocycles. The number of hydrogen-bond donors (Lipinski definition) is 0. The summed E-state index contributed by atoms with van der Waals surface area (Å²) in [6, 6.07) is 7.88. The SMILES string of the molecule is Clc1nnc(Cl)c(N2CCOc3ccccc3C2)n1. The Balaban J connectivity index is 1.96. The monoisotopic (exact) mass is 296 g/mol. The summed E-state index contributed by atoms with van der Waals surface area (Å²) in [4.78, 5) is 6.12. The third-order valence-corrected chi connectivity index (χ3v) is 3.26. The minimum atomic E-state index is 0.0813. The minimum absolute atomic E-state index is 0.0813. The molecule has 98 valence electrons. The molecule has 0 bridgehead atoms. The van der Waals surface area contributed by atoms with Crippen LogP contribution in [0.2, 0.25) is 10.4 Å². The Morgan fingerprint density at radius 3 is 2.89 bits per heavy atom. The third-order valence-electron chi connectivity index (χ3n) is 2.86. The number of nitrogens with zero attached hydrogens (tertiary/aromatic N) is 4. The van der Waals surface area contributed by atoms with Gasteiger partial charge in [-0.15, -0.1) is 10.2 Å². The lowest BCUT2D eigenvalue weighted by molar-refractivity contribution is 0.331. The highest BCUT2D eigenvalue weighted by Gasteiger charge is 2.19. The van der Waals surface area contributed by atoms with Crippen molar-refractivity contribution in [2.75, 3.05) is 18.1 Å². The highest BCUT2D eigenvalue weighted by atomic mass is 35.5. The summed E-state index contributed by atoms with van der Waals surface area (Å²) in [5, 5.41) is 7.72. The van der Waals surface area contributed by atoms with Crippen LogP contribution >= 0.6 is 23.2 Å². The van der Waals surface area contributed by atoms with Crippen LogP contribution in [-0.4, -0.2) is 28.3 Å². The van der Waals surface area contributed by atoms with Gasteiger partial charge in [-0.2, -0.15) is 4.98 Å². The van der Waals surface area contributed by atoms with E-state index in [2.05, 4.69) is 15.2 Å². The van der Waals surface area contributed by atoms with E-state index in [1.165, 1.54) is 0 Å². The molecule has 5 nitrogen and oxygen atoms in total. The maximum Gasteiger partial charge on any atom is 0.245 e. The van der Waals surface area contributed by atoms with Crippen molar-refractivity contribution in [3.8, 4) is 5.75 Å². The first-order valence-corrected chi connectivity index (χ1v) is 6.51. The Labute approximate surface area is 120 Å². The van der Waals surface area contributed by atoms with E-state index in [1.807, 2.05) is 29.2 Å². The van der Waals surface area contributed by atoms with Crippen molar-refractivity contribution in [2.24, 2.45) is 0 Å². The molecule has 0 N–H and O–H groups in total. The van der Waals surface area contributed by atoms with Crippen molar-refractivity contribution in [3.05, 3.63) is 40.3 Å². The van der Waals surface area contributed by atoms with Gasteiger partial charge in [0.1, 0.15) is 12.4 Å². The van der Waals surface area contributed by atoms with Gasteiger partial charge in [-0.1, -0.05) is 29.8 Å². The molecule has 0 unspecified atom stereocenters. The fourth-order valence-corrected chi connectivity index (χ4v) is 2.31. The van der Waals surface area contributed by atoms with E-state index < -0.39 is 0 Å². The van der Waals surface area contributed by atoms with Crippen molar-refractivity contribution in [2.45, 2.75) is 6.54 Å². The molecule has 0 spiro atoms. The largest absolute Gasteiger partial charge is 0.491 e. The molecule has 0 radical (unpaired) electrons. The molecule has 19 heavy (non-hydrogen) atoms. The van der Waals surface area contributed by atoms with Crippen LogP contribution in [0, 0.1) is 0 Å². The van der Waals surface area contributed by atoms with Gasteiger partial charge in [0.05, 0.1) is 6.54 Å². The summed E-state index contributed by atoms with van der Waals surface area (Å²) < 4.78 is 5.69. The quantitative estimate of drug-likeness (QED) is 0.809. The lowest BCUT2D eigenvalue weighted by atomic mass is 10.2. The summed E-state index contributed by atoms with van der Waals surface area (Å²) in [6.07, 6.45) is 0. The molecule has 1 aliphatic heterocycles. The molecular formula is C12H10Cl2N4O. The summed E-state index contributed by atoms with van der Waals surface area (Å²) in [5.74, 6) is 1.41. The second-order valence-electron chi connectivity index (χ2n) is 4.07. The molecule has 1 aromatic heterocycles. The number of anilines is 1. The summed E-state index contributed by atoms with van der Waals surface area (Å²) in [5.41, 5.74) is 1.07. The minimum Gasteiger partial charge on any atom is -0.491 e. The van der Waals surface area contributed by atoms with Gasteiger partial charge < -0.3 is 9.64 Å². The maximum absolute atomic E-state index is 6.03. The number of rotatable bonds is 1. The topological polar surface area (TPSA) is 51.1 Å². The van der Waals surface area contributed by atoms with Crippen LogP contribution in [0.1, 0.15) is 5.56 Å². The van der Waals surface area contributed by atoms with E-state index in [0.717, 1.165) is 11.3 Å². The van der Waals surface area contributed by atoms with E-state index in [4.69, 9.17) is 27.9 Å². The molecule has 7 heteroatoms. The molecule has 1 aliphatic rings. The second-order valence-corrected chi connectivity index (χ2v) is 4.77. The van der Waals surface area contributed by atoms with Gasteiger partial charge in [0.25, 0.3) is 0 Å². The van der Waals surface area contributed by atoms with Gasteiger partial charge in [-0.05, 0) is 17.7 Å². The summed E-state index contributed by atoms with van der Waals surface area (Å²) in [7, 11) is 0. The van der Waals surface area contributed by atoms with Crippen LogP contribution < -0.4 is 9.64 Å². The number of fused-ring (bicyclic) bond motifs is 1. The van der Waals surface area contributed by atoms with Gasteiger partial charge >= 0.3 is 0 Å². The Kier molecular flexibility index (Phi) is 3.40. The molecule has 1 aromatic carbocycles. The van der Waals surface area contributed by atoms with Crippen LogP contribution in [0.3, 0.4) is 0 Å². The first-order valence-electron chi connectivity index (χ1n) is 5.75. The predicted octanol–water partition coefficient (Wildman–Crippen LogP) is 2.58. The number of para-hydroxylation sites is 1. The molecular weight excluding hydrogens is 287 g/mol. The number of ether oxygens (including phenoxy) is 1. The highest BCUT2D eigenvalue weighted by molar-refractivity contribution is 6.32. The Morgan fingerprint density at radius 1 is 1.16 bits per heavy atom. The van der Waals surface area contributed by atoms with E-state index in [9.17, 15) is 0 Å². The molecule has 3 rings (SSSR count). The normalized spacial score (nSPS) is 14.5. The van der Waals surface area contributed by atoms with Gasteiger partial charge in [-0.25, -0.2) is 0 Å². The first kappa shape index (κ1) is 12.4. The summed E-state index contributed by atoms with van der Waals surface area (Å²) in [6.45, 7) is 1.85. The number of hydrogen-bond acceptors (Lipinski definition) is 5. The van der Waals surface area contributed by atoms with Crippen molar-refractivity contribution >= 4 is 29.0 Å². The van der Waals surface area contributed by atoms with Gasteiger partial charge in [-0.3, -0.25) is 0 Å². The van der Waals surface area contributed by atoms with Crippen LogP contribution in [0.4, 0.5) is 5.82 Å². The molecule has 0 saturated carbocycles. The second kappa shape index (κ2) is 5.19. The lowest BCUT2D eigenvalue weighted by Gasteiger charge is -2.20. The molecule has 0 aliphatic carbocycles. The number of benzene rings is 1. The number of halogens is 2. The molecule has 2 aromatic rings. The van der Waals surface area contributed by atoms with Crippen LogP contribution in [0.25, 0.3) is 0 Å². The van der Waals surface area contributed by atoms with E-state index in [-0.39, 0.29) is 10.4 Å². The summed E-state index contributed by atoms with van der Waals surface area (Å²) >= 11 is 11.8. The zero-order valence-corrected chi connectivity index (χ0v) is 11.4. The van der Waals surface area contributed by atoms with Crippen molar-refractivity contribution in [3.63, 3.8) is 0 Å². The zero-order valence-electron chi connectivity index (χ0n) is 9.88. The smallest absolute Gasteiger partial charge is 0.245 e. The average molecular weight is 297 g/mol. The lowest BCUT2D eigenvalue weighted by Crippen LogP contribution is -2.27. The van der Waals surface area contributed by atoms with Gasteiger partial charge in [0.15, 0.2) is 11.0 Å².